The van der Waals surface area contributed by atoms with Gasteiger partial charge in [-0.15, -0.1) is 0 Å². The first kappa shape index (κ1) is 13.5. The minimum absolute atomic E-state index is 0.00979. The van der Waals surface area contributed by atoms with Gasteiger partial charge < -0.3 is 5.32 Å². The van der Waals surface area contributed by atoms with E-state index >= 15 is 0 Å². The molecular weight excluding hydrogens is 232 g/mol. The van der Waals surface area contributed by atoms with Crippen molar-refractivity contribution >= 4 is 0 Å². The Morgan fingerprint density at radius 2 is 2.00 bits per heavy atom. The van der Waals surface area contributed by atoms with Crippen LogP contribution in [0, 0.1) is 17.0 Å². The third-order valence-corrected chi connectivity index (χ3v) is 3.99. The van der Waals surface area contributed by atoms with Gasteiger partial charge in [0, 0.05) is 11.6 Å². The molecule has 0 bridgehead atoms. The lowest BCUT2D eigenvalue weighted by Gasteiger charge is -2.25. The molecule has 1 saturated carbocycles. The summed E-state index contributed by atoms with van der Waals surface area (Å²) in [5.74, 6) is -0.828. The molecule has 0 saturated heterocycles. The van der Waals surface area contributed by atoms with Crippen molar-refractivity contribution in [2.45, 2.75) is 45.6 Å². The number of halogens is 2. The summed E-state index contributed by atoms with van der Waals surface area (Å²) < 4.78 is 27.3. The van der Waals surface area contributed by atoms with Gasteiger partial charge in [0.1, 0.15) is 11.6 Å². The minimum Gasteiger partial charge on any atom is -0.314 e. The molecule has 1 nitrogen and oxygen atoms in total. The van der Waals surface area contributed by atoms with Gasteiger partial charge in [0.2, 0.25) is 0 Å². The van der Waals surface area contributed by atoms with Crippen molar-refractivity contribution in [2.24, 2.45) is 5.41 Å². The molecule has 0 radical (unpaired) electrons. The van der Waals surface area contributed by atoms with E-state index in [1.807, 2.05) is 0 Å². The van der Waals surface area contributed by atoms with Crippen molar-refractivity contribution in [3.8, 4) is 0 Å². The maximum absolute atomic E-state index is 13.7. The van der Waals surface area contributed by atoms with E-state index in [1.165, 1.54) is 18.2 Å². The van der Waals surface area contributed by atoms with Crippen molar-refractivity contribution in [1.29, 1.82) is 0 Å². The van der Waals surface area contributed by atoms with E-state index in [2.05, 4.69) is 19.2 Å². The number of nitrogens with one attached hydrogen (secondary N) is 1. The van der Waals surface area contributed by atoms with Crippen molar-refractivity contribution in [3.63, 3.8) is 0 Å². The lowest BCUT2D eigenvalue weighted by atomic mass is 9.81. The van der Waals surface area contributed by atoms with Crippen LogP contribution in [0.1, 0.15) is 38.7 Å². The summed E-state index contributed by atoms with van der Waals surface area (Å²) in [6.45, 7) is 5.18. The highest BCUT2D eigenvalue weighted by atomic mass is 19.1. The zero-order valence-corrected chi connectivity index (χ0v) is 11.1. The van der Waals surface area contributed by atoms with Crippen LogP contribution in [0.25, 0.3) is 0 Å². The Labute approximate surface area is 108 Å². The van der Waals surface area contributed by atoms with Crippen LogP contribution in [-0.2, 0) is 6.42 Å². The van der Waals surface area contributed by atoms with Crippen LogP contribution in [0.3, 0.4) is 0 Å². The SMILES string of the molecule is CCNC1CCC(C)(Cc2c(F)cccc2F)C1. The second-order valence-corrected chi connectivity index (χ2v) is 5.69. The molecule has 0 amide bonds. The first-order valence-corrected chi connectivity index (χ1v) is 6.70. The number of benzene rings is 1. The van der Waals surface area contributed by atoms with E-state index in [0.717, 1.165) is 25.8 Å². The quantitative estimate of drug-likeness (QED) is 0.863. The molecule has 3 heteroatoms. The molecule has 1 aromatic carbocycles. The highest BCUT2D eigenvalue weighted by molar-refractivity contribution is 5.21. The van der Waals surface area contributed by atoms with E-state index in [0.29, 0.717) is 12.5 Å². The normalized spacial score (nSPS) is 27.7. The van der Waals surface area contributed by atoms with Crippen LogP contribution in [0.5, 0.6) is 0 Å². The molecule has 0 aromatic heterocycles. The van der Waals surface area contributed by atoms with Crippen LogP contribution < -0.4 is 5.32 Å². The van der Waals surface area contributed by atoms with E-state index in [4.69, 9.17) is 0 Å². The van der Waals surface area contributed by atoms with E-state index in [-0.39, 0.29) is 11.0 Å². The van der Waals surface area contributed by atoms with Gasteiger partial charge in [-0.25, -0.2) is 8.78 Å². The molecule has 2 atom stereocenters. The summed E-state index contributed by atoms with van der Waals surface area (Å²) in [4.78, 5) is 0. The average Bonchev–Trinajstić information content (AvgIpc) is 2.67. The van der Waals surface area contributed by atoms with Crippen LogP contribution in [-0.4, -0.2) is 12.6 Å². The monoisotopic (exact) mass is 253 g/mol. The molecular formula is C15H21F2N. The fourth-order valence-corrected chi connectivity index (χ4v) is 3.07. The van der Waals surface area contributed by atoms with Gasteiger partial charge in [-0.2, -0.15) is 0 Å². The molecule has 100 valence electrons. The van der Waals surface area contributed by atoms with Gasteiger partial charge >= 0.3 is 0 Å². The maximum atomic E-state index is 13.7. The smallest absolute Gasteiger partial charge is 0.129 e. The summed E-state index contributed by atoms with van der Waals surface area (Å²) in [7, 11) is 0. The Hall–Kier alpha value is -0.960. The summed E-state index contributed by atoms with van der Waals surface area (Å²) in [6, 6.07) is 4.61. The second-order valence-electron chi connectivity index (χ2n) is 5.69. The first-order chi connectivity index (χ1) is 8.54. The van der Waals surface area contributed by atoms with Gasteiger partial charge in [-0.3, -0.25) is 0 Å². The molecule has 1 N–H and O–H groups in total. The van der Waals surface area contributed by atoms with E-state index < -0.39 is 11.6 Å². The first-order valence-electron chi connectivity index (χ1n) is 6.70. The molecule has 2 unspecified atom stereocenters. The molecule has 18 heavy (non-hydrogen) atoms. The lowest BCUT2D eigenvalue weighted by Crippen LogP contribution is -2.28. The molecule has 1 aliphatic carbocycles. The lowest BCUT2D eigenvalue weighted by molar-refractivity contribution is 0.312. The zero-order valence-electron chi connectivity index (χ0n) is 11.1. The second kappa shape index (κ2) is 5.35. The Morgan fingerprint density at radius 3 is 2.61 bits per heavy atom. The molecule has 0 heterocycles. The molecule has 1 aromatic rings. The summed E-state index contributed by atoms with van der Waals surface area (Å²) >= 11 is 0. The van der Waals surface area contributed by atoms with Gasteiger partial charge in [0.25, 0.3) is 0 Å². The minimum atomic E-state index is -0.414. The average molecular weight is 253 g/mol. The van der Waals surface area contributed by atoms with Gasteiger partial charge in [0.15, 0.2) is 0 Å². The Morgan fingerprint density at radius 1 is 1.33 bits per heavy atom. The number of hydrogen-bond donors (Lipinski definition) is 1. The summed E-state index contributed by atoms with van der Waals surface area (Å²) in [5, 5.41) is 3.43. The molecule has 0 spiro atoms. The van der Waals surface area contributed by atoms with Crippen molar-refractivity contribution in [3.05, 3.63) is 35.4 Å². The highest BCUT2D eigenvalue weighted by Crippen LogP contribution is 2.41. The predicted octanol–water partition coefficient (Wildman–Crippen LogP) is 3.68. The van der Waals surface area contributed by atoms with E-state index in [9.17, 15) is 8.78 Å². The van der Waals surface area contributed by atoms with Crippen LogP contribution in [0.2, 0.25) is 0 Å². The van der Waals surface area contributed by atoms with Crippen LogP contribution in [0.15, 0.2) is 18.2 Å². The third kappa shape index (κ3) is 2.89. The Bertz CT molecular complexity index is 399. The zero-order chi connectivity index (χ0) is 13.2. The van der Waals surface area contributed by atoms with Gasteiger partial charge in [0.05, 0.1) is 0 Å². The topological polar surface area (TPSA) is 12.0 Å². The highest BCUT2D eigenvalue weighted by Gasteiger charge is 2.35. The predicted molar refractivity (Wildman–Crippen MR) is 69.5 cm³/mol. The third-order valence-electron chi connectivity index (χ3n) is 3.99. The Kier molecular flexibility index (Phi) is 4.00. The number of rotatable bonds is 4. The van der Waals surface area contributed by atoms with Crippen molar-refractivity contribution < 1.29 is 8.78 Å². The van der Waals surface area contributed by atoms with Gasteiger partial charge in [-0.1, -0.05) is 19.9 Å². The van der Waals surface area contributed by atoms with Crippen LogP contribution >= 0.6 is 0 Å². The maximum Gasteiger partial charge on any atom is 0.129 e. The van der Waals surface area contributed by atoms with Gasteiger partial charge in [-0.05, 0) is 49.8 Å². The molecule has 0 aliphatic heterocycles. The fraction of sp³-hybridized carbons (Fsp3) is 0.600. The number of hydrogen-bond acceptors (Lipinski definition) is 1. The summed E-state index contributed by atoms with van der Waals surface area (Å²) in [5.41, 5.74) is 0.257. The molecule has 1 aliphatic rings. The fourth-order valence-electron chi connectivity index (χ4n) is 3.07. The largest absolute Gasteiger partial charge is 0.314 e. The van der Waals surface area contributed by atoms with Crippen molar-refractivity contribution in [1.82, 2.24) is 5.32 Å². The van der Waals surface area contributed by atoms with Crippen LogP contribution in [0.4, 0.5) is 8.78 Å². The molecule has 2 rings (SSSR count). The standard InChI is InChI=1S/C15H21F2N/c1-3-18-11-7-8-15(2,9-11)10-12-13(16)5-4-6-14(12)17/h4-6,11,18H,3,7-10H2,1-2H3. The molecule has 1 fully saturated rings. The van der Waals surface area contributed by atoms with E-state index in [1.54, 1.807) is 0 Å². The van der Waals surface area contributed by atoms with Crippen molar-refractivity contribution in [2.75, 3.05) is 6.54 Å². The summed E-state index contributed by atoms with van der Waals surface area (Å²) in [6.07, 6.45) is 3.61. The Balaban J connectivity index is 2.09.